The minimum absolute atomic E-state index is 0.284. The van der Waals surface area contributed by atoms with Crippen molar-refractivity contribution < 1.29 is 4.39 Å². The summed E-state index contributed by atoms with van der Waals surface area (Å²) in [5.74, 6) is 0.460. The van der Waals surface area contributed by atoms with Crippen molar-refractivity contribution in [2.45, 2.75) is 53.2 Å². The molecule has 0 amide bonds. The van der Waals surface area contributed by atoms with Crippen LogP contribution >= 0.6 is 0 Å². The van der Waals surface area contributed by atoms with Gasteiger partial charge in [0.2, 0.25) is 0 Å². The average molecular weight is 389 g/mol. The zero-order valence-electron chi connectivity index (χ0n) is 17.6. The first-order chi connectivity index (χ1) is 13.4. The summed E-state index contributed by atoms with van der Waals surface area (Å²) in [6, 6.07) is 6.18. The molecule has 28 heavy (non-hydrogen) atoms. The maximum atomic E-state index is 14.4. The van der Waals surface area contributed by atoms with Crippen LogP contribution in [0, 0.1) is 5.82 Å². The summed E-state index contributed by atoms with van der Waals surface area (Å²) < 4.78 is 16.1. The van der Waals surface area contributed by atoms with E-state index in [-0.39, 0.29) is 5.82 Å². The van der Waals surface area contributed by atoms with Crippen molar-refractivity contribution in [3.8, 4) is 5.69 Å². The van der Waals surface area contributed by atoms with Gasteiger partial charge < -0.3 is 15.2 Å². The fraction of sp³-hybridized carbons (Fsp3) is 0.524. The molecule has 0 saturated heterocycles. The van der Waals surface area contributed by atoms with E-state index in [1.807, 2.05) is 13.0 Å². The van der Waals surface area contributed by atoms with Gasteiger partial charge in [-0.05, 0) is 52.3 Å². The molecule has 1 aromatic carbocycles. The van der Waals surface area contributed by atoms with Crippen molar-refractivity contribution in [3.63, 3.8) is 0 Å². The molecule has 1 heterocycles. The summed E-state index contributed by atoms with van der Waals surface area (Å²) in [4.78, 5) is 11.0. The first-order valence-corrected chi connectivity index (χ1v) is 9.97. The van der Waals surface area contributed by atoms with E-state index in [1.54, 1.807) is 29.4 Å². The van der Waals surface area contributed by atoms with Gasteiger partial charge in [0.15, 0.2) is 5.96 Å². The minimum atomic E-state index is -0.284. The van der Waals surface area contributed by atoms with Gasteiger partial charge in [-0.2, -0.15) is 0 Å². The molecule has 0 aliphatic rings. The van der Waals surface area contributed by atoms with E-state index in [0.717, 1.165) is 31.2 Å². The van der Waals surface area contributed by atoms with Crippen LogP contribution in [0.2, 0.25) is 0 Å². The van der Waals surface area contributed by atoms with Gasteiger partial charge in [-0.1, -0.05) is 6.07 Å². The number of aliphatic imine (C=N–C) groups is 1. The van der Waals surface area contributed by atoms with E-state index in [9.17, 15) is 4.39 Å². The van der Waals surface area contributed by atoms with Crippen LogP contribution in [0.4, 0.5) is 4.39 Å². The number of aromatic nitrogens is 2. The maximum absolute atomic E-state index is 14.4. The van der Waals surface area contributed by atoms with E-state index >= 15 is 0 Å². The van der Waals surface area contributed by atoms with Gasteiger partial charge in [-0.25, -0.2) is 14.4 Å². The number of nitrogens with one attached hydrogen (secondary N) is 2. The van der Waals surface area contributed by atoms with E-state index in [4.69, 9.17) is 0 Å². The predicted octanol–water partition coefficient (Wildman–Crippen LogP) is 3.19. The highest BCUT2D eigenvalue weighted by Crippen LogP contribution is 2.15. The number of imidazole rings is 1. The summed E-state index contributed by atoms with van der Waals surface area (Å²) >= 11 is 0. The van der Waals surface area contributed by atoms with E-state index < -0.39 is 0 Å². The minimum Gasteiger partial charge on any atom is -0.357 e. The third-order valence-corrected chi connectivity index (χ3v) is 4.55. The lowest BCUT2D eigenvalue weighted by molar-refractivity contribution is 0.178. The topological polar surface area (TPSA) is 57.5 Å². The summed E-state index contributed by atoms with van der Waals surface area (Å²) in [6.45, 7) is 13.8. The lowest BCUT2D eigenvalue weighted by Gasteiger charge is -2.30. The Hall–Kier alpha value is -2.41. The maximum Gasteiger partial charge on any atom is 0.191 e. The molecule has 2 aromatic rings. The van der Waals surface area contributed by atoms with Crippen molar-refractivity contribution in [2.24, 2.45) is 4.99 Å². The molecule has 1 aromatic heterocycles. The molecule has 154 valence electrons. The smallest absolute Gasteiger partial charge is 0.191 e. The molecule has 6 nitrogen and oxygen atoms in total. The van der Waals surface area contributed by atoms with Gasteiger partial charge in [0.05, 0.1) is 18.6 Å². The van der Waals surface area contributed by atoms with Crippen molar-refractivity contribution in [1.29, 1.82) is 0 Å². The first-order valence-electron chi connectivity index (χ1n) is 9.97. The van der Waals surface area contributed by atoms with Crippen LogP contribution in [-0.2, 0) is 6.54 Å². The van der Waals surface area contributed by atoms with Crippen LogP contribution < -0.4 is 10.6 Å². The highest BCUT2D eigenvalue weighted by atomic mass is 19.1. The molecule has 0 fully saturated rings. The highest BCUT2D eigenvalue weighted by molar-refractivity contribution is 5.79. The number of benzene rings is 1. The second kappa shape index (κ2) is 10.8. The number of rotatable bonds is 9. The molecule has 0 saturated carbocycles. The molecular weight excluding hydrogens is 355 g/mol. The molecule has 0 radical (unpaired) electrons. The Morgan fingerprint density at radius 3 is 2.54 bits per heavy atom. The van der Waals surface area contributed by atoms with Gasteiger partial charge in [0.25, 0.3) is 0 Å². The largest absolute Gasteiger partial charge is 0.357 e. The van der Waals surface area contributed by atoms with Crippen LogP contribution in [0.1, 0.15) is 40.2 Å². The molecule has 0 bridgehead atoms. The molecule has 2 rings (SSSR count). The Bertz CT molecular complexity index is 731. The Morgan fingerprint density at radius 1 is 1.21 bits per heavy atom. The lowest BCUT2D eigenvalue weighted by Crippen LogP contribution is -2.45. The molecule has 7 heteroatoms. The quantitative estimate of drug-likeness (QED) is 0.512. The van der Waals surface area contributed by atoms with E-state index in [0.29, 0.717) is 24.3 Å². The Labute approximate surface area is 167 Å². The van der Waals surface area contributed by atoms with Crippen LogP contribution in [0.15, 0.2) is 41.9 Å². The molecule has 2 N–H and O–H groups in total. The zero-order chi connectivity index (χ0) is 20.5. The number of guanidine groups is 1. The number of hydrogen-bond acceptors (Lipinski definition) is 3. The molecule has 0 spiro atoms. The van der Waals surface area contributed by atoms with Crippen molar-refractivity contribution in [3.05, 3.63) is 48.3 Å². The van der Waals surface area contributed by atoms with Crippen LogP contribution in [-0.4, -0.2) is 52.1 Å². The normalized spacial score (nSPS) is 12.2. The highest BCUT2D eigenvalue weighted by Gasteiger charge is 2.12. The average Bonchev–Trinajstić information content (AvgIpc) is 3.16. The van der Waals surface area contributed by atoms with Gasteiger partial charge in [0.1, 0.15) is 5.82 Å². The number of halogens is 1. The lowest BCUT2D eigenvalue weighted by atomic mass is 10.2. The Kier molecular flexibility index (Phi) is 8.44. The third kappa shape index (κ3) is 6.34. The van der Waals surface area contributed by atoms with Crippen LogP contribution in [0.5, 0.6) is 0 Å². The van der Waals surface area contributed by atoms with Gasteiger partial charge in [-0.15, -0.1) is 0 Å². The van der Waals surface area contributed by atoms with E-state index in [2.05, 4.69) is 53.2 Å². The third-order valence-electron chi connectivity index (χ3n) is 4.55. The molecular formula is C21H33FN6. The predicted molar refractivity (Wildman–Crippen MR) is 113 cm³/mol. The molecule has 0 unspecified atom stereocenters. The van der Waals surface area contributed by atoms with Gasteiger partial charge in [-0.3, -0.25) is 4.90 Å². The fourth-order valence-electron chi connectivity index (χ4n) is 3.19. The molecule has 0 atom stereocenters. The van der Waals surface area contributed by atoms with Gasteiger partial charge in [0, 0.05) is 44.1 Å². The fourth-order valence-corrected chi connectivity index (χ4v) is 3.19. The Morgan fingerprint density at radius 2 is 1.96 bits per heavy atom. The summed E-state index contributed by atoms with van der Waals surface area (Å²) in [5.41, 5.74) is 1.31. The second-order valence-electron chi connectivity index (χ2n) is 7.30. The number of hydrogen-bond donors (Lipinski definition) is 2. The molecule has 0 aliphatic heterocycles. The van der Waals surface area contributed by atoms with Gasteiger partial charge >= 0.3 is 0 Å². The van der Waals surface area contributed by atoms with Crippen molar-refractivity contribution in [1.82, 2.24) is 25.1 Å². The van der Waals surface area contributed by atoms with Crippen LogP contribution in [0.25, 0.3) is 5.69 Å². The van der Waals surface area contributed by atoms with Crippen molar-refractivity contribution >= 4 is 5.96 Å². The summed E-state index contributed by atoms with van der Waals surface area (Å²) in [6.07, 6.45) is 4.94. The van der Waals surface area contributed by atoms with Crippen molar-refractivity contribution in [2.75, 3.05) is 19.6 Å². The SMILES string of the molecule is CCNC(=NCc1ccc(-n2ccnc2)c(F)c1)NCCN(C(C)C)C(C)C. The Balaban J connectivity index is 1.97. The standard InChI is InChI=1S/C21H33FN6/c1-6-24-21(25-10-12-28(16(2)3)17(4)5)26-14-18-7-8-20(19(22)13-18)27-11-9-23-15-27/h7-9,11,13,15-17H,6,10,12,14H2,1-5H3,(H2,24,25,26). The van der Waals surface area contributed by atoms with E-state index in [1.165, 1.54) is 6.07 Å². The monoisotopic (exact) mass is 388 g/mol. The zero-order valence-corrected chi connectivity index (χ0v) is 17.6. The number of nitrogens with zero attached hydrogens (tertiary/aromatic N) is 4. The second-order valence-corrected chi connectivity index (χ2v) is 7.30. The molecule has 0 aliphatic carbocycles. The summed E-state index contributed by atoms with van der Waals surface area (Å²) in [5, 5.41) is 6.62. The first kappa shape index (κ1) is 21.9. The summed E-state index contributed by atoms with van der Waals surface area (Å²) in [7, 11) is 0. The van der Waals surface area contributed by atoms with Crippen LogP contribution in [0.3, 0.4) is 0 Å².